The van der Waals surface area contributed by atoms with Crippen LogP contribution in [-0.2, 0) is 14.3 Å². The monoisotopic (exact) mass is 348 g/mol. The number of carbonyl (C=O) groups is 2. The molecule has 0 spiro atoms. The van der Waals surface area contributed by atoms with Gasteiger partial charge in [-0.1, -0.05) is 13.8 Å². The highest BCUT2D eigenvalue weighted by molar-refractivity contribution is 7.81. The predicted octanol–water partition coefficient (Wildman–Crippen LogP) is 3.97. The van der Waals surface area contributed by atoms with Gasteiger partial charge in [-0.2, -0.15) is 12.6 Å². The van der Waals surface area contributed by atoms with E-state index >= 15 is 0 Å². The van der Waals surface area contributed by atoms with E-state index < -0.39 is 0 Å². The molecule has 0 aromatic carbocycles. The number of cyclic esters (lactones) is 1. The lowest BCUT2D eigenvalue weighted by Crippen LogP contribution is -2.60. The number of fused-ring (bicyclic) bond motifs is 3. The Bertz CT molecular complexity index is 669. The maximum atomic E-state index is 13.1. The third-order valence-corrected chi connectivity index (χ3v) is 7.35. The van der Waals surface area contributed by atoms with E-state index in [1.807, 2.05) is 6.07 Å². The van der Waals surface area contributed by atoms with Crippen molar-refractivity contribution in [2.24, 2.45) is 22.7 Å². The van der Waals surface area contributed by atoms with Gasteiger partial charge in [0.2, 0.25) is 0 Å². The molecule has 1 aliphatic heterocycles. The minimum atomic E-state index is -0.372. The lowest BCUT2D eigenvalue weighted by molar-refractivity contribution is -0.194. The van der Waals surface area contributed by atoms with E-state index in [0.717, 1.165) is 31.2 Å². The quantitative estimate of drug-likeness (QED) is 0.616. The number of furan rings is 1. The Hall–Kier alpha value is -1.23. The van der Waals surface area contributed by atoms with Crippen LogP contribution >= 0.6 is 12.6 Å². The second-order valence-corrected chi connectivity index (χ2v) is 8.95. The minimum absolute atomic E-state index is 0.0276. The summed E-state index contributed by atoms with van der Waals surface area (Å²) in [5.74, 6) is -0.255. The van der Waals surface area contributed by atoms with Crippen molar-refractivity contribution < 1.29 is 18.7 Å². The molecule has 3 fully saturated rings. The Kier molecular flexibility index (Phi) is 3.64. The normalized spacial score (nSPS) is 45.3. The van der Waals surface area contributed by atoms with Gasteiger partial charge >= 0.3 is 5.97 Å². The van der Waals surface area contributed by atoms with Crippen molar-refractivity contribution in [3.63, 3.8) is 0 Å². The van der Waals surface area contributed by atoms with Gasteiger partial charge in [-0.3, -0.25) is 9.59 Å². The van der Waals surface area contributed by atoms with Crippen LogP contribution in [0.3, 0.4) is 0 Å². The molecule has 0 radical (unpaired) electrons. The zero-order chi connectivity index (χ0) is 17.1. The first-order valence-corrected chi connectivity index (χ1v) is 9.31. The molecule has 0 unspecified atom stereocenters. The summed E-state index contributed by atoms with van der Waals surface area (Å²) >= 11 is 4.53. The lowest BCUT2D eigenvalue weighted by atomic mass is 9.45. The van der Waals surface area contributed by atoms with Crippen LogP contribution in [0.25, 0.3) is 0 Å². The number of carbonyl (C=O) groups excluding carboxylic acids is 2. The maximum Gasteiger partial charge on any atom is 0.310 e. The standard InChI is InChI=1S/C19H24O4S/c1-18-6-3-12-17(21)23-13(11-5-8-22-10-11)9-19(12,2)16(18)15(20)14(24)4-7-18/h5,8,10,12-14,16,24H,3-4,6-7,9H2,1-2H3/t12-,13-,14-,16-,18-,19-/m0/s1. The van der Waals surface area contributed by atoms with Crippen LogP contribution in [0.5, 0.6) is 0 Å². The van der Waals surface area contributed by atoms with Gasteiger partial charge < -0.3 is 9.15 Å². The van der Waals surface area contributed by atoms with Gasteiger partial charge in [0.05, 0.1) is 23.7 Å². The average Bonchev–Trinajstić information content (AvgIpc) is 3.04. The number of thiol groups is 1. The molecule has 3 aliphatic rings. The van der Waals surface area contributed by atoms with Crippen molar-refractivity contribution in [2.75, 3.05) is 0 Å². The van der Waals surface area contributed by atoms with Crippen molar-refractivity contribution in [3.05, 3.63) is 24.2 Å². The number of esters is 1. The fourth-order valence-electron chi connectivity index (χ4n) is 5.64. The molecule has 24 heavy (non-hydrogen) atoms. The van der Waals surface area contributed by atoms with Crippen LogP contribution < -0.4 is 0 Å². The molecular weight excluding hydrogens is 324 g/mol. The van der Waals surface area contributed by atoms with E-state index in [4.69, 9.17) is 9.15 Å². The van der Waals surface area contributed by atoms with Crippen LogP contribution in [0.4, 0.5) is 0 Å². The van der Waals surface area contributed by atoms with Crippen molar-refractivity contribution in [3.8, 4) is 0 Å². The predicted molar refractivity (Wildman–Crippen MR) is 91.6 cm³/mol. The topological polar surface area (TPSA) is 56.5 Å². The smallest absolute Gasteiger partial charge is 0.310 e. The van der Waals surface area contributed by atoms with Gasteiger partial charge in [-0.15, -0.1) is 0 Å². The SMILES string of the molecule is C[C@]12CC[C@H](S)C(=O)[C@@H]1[C@@]1(C)C[C@@H](c3ccoc3)OC(=O)[C@@H]1CC2. The number of ether oxygens (including phenoxy) is 1. The summed E-state index contributed by atoms with van der Waals surface area (Å²) in [6, 6.07) is 1.84. The Labute approximate surface area is 147 Å². The Morgan fingerprint density at radius 2 is 1.96 bits per heavy atom. The van der Waals surface area contributed by atoms with Gasteiger partial charge in [-0.25, -0.2) is 0 Å². The molecular formula is C19H24O4S. The third kappa shape index (κ3) is 2.20. The molecule has 2 heterocycles. The molecule has 1 aromatic rings. The zero-order valence-corrected chi connectivity index (χ0v) is 15.1. The highest BCUT2D eigenvalue weighted by Gasteiger charge is 2.63. The lowest BCUT2D eigenvalue weighted by Gasteiger charge is -2.59. The van der Waals surface area contributed by atoms with Crippen LogP contribution in [-0.4, -0.2) is 17.0 Å². The first-order chi connectivity index (χ1) is 11.3. The molecule has 1 aromatic heterocycles. The highest BCUT2D eigenvalue weighted by Crippen LogP contribution is 2.63. The summed E-state index contributed by atoms with van der Waals surface area (Å²) in [7, 11) is 0. The number of Topliss-reactive ketones (excluding diaryl/α,β-unsaturated/α-hetero) is 1. The summed E-state index contributed by atoms with van der Waals surface area (Å²) in [6.07, 6.45) is 7.14. The molecule has 6 atom stereocenters. The first kappa shape index (κ1) is 16.2. The molecule has 0 bridgehead atoms. The van der Waals surface area contributed by atoms with E-state index in [0.29, 0.717) is 6.42 Å². The molecule has 4 nitrogen and oxygen atoms in total. The van der Waals surface area contributed by atoms with Crippen LogP contribution in [0.15, 0.2) is 23.0 Å². The molecule has 2 aliphatic carbocycles. The van der Waals surface area contributed by atoms with Crippen molar-refractivity contribution in [1.29, 1.82) is 0 Å². The maximum absolute atomic E-state index is 13.1. The molecule has 0 N–H and O–H groups in total. The molecule has 2 saturated carbocycles. The summed E-state index contributed by atoms with van der Waals surface area (Å²) in [5.41, 5.74) is 0.476. The van der Waals surface area contributed by atoms with Crippen LogP contribution in [0, 0.1) is 22.7 Å². The minimum Gasteiger partial charge on any atom is -0.472 e. The second-order valence-electron chi connectivity index (χ2n) is 8.33. The Morgan fingerprint density at radius 1 is 1.21 bits per heavy atom. The van der Waals surface area contributed by atoms with Crippen molar-refractivity contribution in [1.82, 2.24) is 0 Å². The first-order valence-electron chi connectivity index (χ1n) is 8.79. The summed E-state index contributed by atoms with van der Waals surface area (Å²) in [4.78, 5) is 25.8. The van der Waals surface area contributed by atoms with Gasteiger partial charge in [0.1, 0.15) is 11.9 Å². The van der Waals surface area contributed by atoms with Crippen LogP contribution in [0.2, 0.25) is 0 Å². The molecule has 4 rings (SSSR count). The molecule has 5 heteroatoms. The zero-order valence-electron chi connectivity index (χ0n) is 14.2. The number of hydrogen-bond donors (Lipinski definition) is 1. The van der Waals surface area contributed by atoms with E-state index in [9.17, 15) is 9.59 Å². The number of hydrogen-bond acceptors (Lipinski definition) is 5. The van der Waals surface area contributed by atoms with Gasteiger partial charge in [0.25, 0.3) is 0 Å². The summed E-state index contributed by atoms with van der Waals surface area (Å²) in [6.45, 7) is 4.35. The fraction of sp³-hybridized carbons (Fsp3) is 0.684. The van der Waals surface area contributed by atoms with E-state index in [2.05, 4.69) is 26.5 Å². The Balaban J connectivity index is 1.75. The van der Waals surface area contributed by atoms with Gasteiger partial charge in [0.15, 0.2) is 0 Å². The highest BCUT2D eigenvalue weighted by atomic mass is 32.1. The summed E-state index contributed by atoms with van der Waals surface area (Å²) < 4.78 is 10.9. The second kappa shape index (κ2) is 5.38. The Morgan fingerprint density at radius 3 is 2.67 bits per heavy atom. The van der Waals surface area contributed by atoms with Crippen molar-refractivity contribution in [2.45, 2.75) is 57.3 Å². The number of ketones is 1. The largest absolute Gasteiger partial charge is 0.472 e. The fourth-order valence-corrected chi connectivity index (χ4v) is 5.92. The van der Waals surface area contributed by atoms with Crippen molar-refractivity contribution >= 4 is 24.4 Å². The van der Waals surface area contributed by atoms with E-state index in [1.165, 1.54) is 0 Å². The number of rotatable bonds is 1. The summed E-state index contributed by atoms with van der Waals surface area (Å²) in [5, 5.41) is -0.205. The van der Waals surface area contributed by atoms with E-state index in [-0.39, 0.29) is 45.8 Å². The third-order valence-electron chi connectivity index (χ3n) is 6.84. The van der Waals surface area contributed by atoms with E-state index in [1.54, 1.807) is 12.5 Å². The van der Waals surface area contributed by atoms with Crippen LogP contribution in [0.1, 0.15) is 57.6 Å². The molecule has 0 amide bonds. The van der Waals surface area contributed by atoms with Gasteiger partial charge in [0, 0.05) is 11.5 Å². The average molecular weight is 348 g/mol. The van der Waals surface area contributed by atoms with Gasteiger partial charge in [-0.05, 0) is 49.0 Å². The molecule has 1 saturated heterocycles. The molecule has 130 valence electrons.